The number of pyridine rings is 1. The average molecular weight is 381 g/mol. The number of aliphatic hydroxyl groups is 1. The van der Waals surface area contributed by atoms with Gasteiger partial charge in [0.05, 0.1) is 18.9 Å². The Kier molecular flexibility index (Phi) is 4.87. The first-order valence-electron chi connectivity index (χ1n) is 9.35. The Morgan fingerprint density at radius 3 is 2.46 bits per heavy atom. The van der Waals surface area contributed by atoms with E-state index in [9.17, 15) is 14.7 Å². The van der Waals surface area contributed by atoms with E-state index < -0.39 is 12.0 Å². The first-order valence-corrected chi connectivity index (χ1v) is 9.35. The molecule has 1 saturated heterocycles. The standard InChI is InChI=1S/C21H23N3O4/c1-11-3-5-12(6-4-11)19(25)16-7-13(8-17(23-16)21(27)22-2)20(26)24-18-14-9-28-10-15(14)18/h3-8,14-15,18-19,25H,9-10H2,1-2H3,(H,22,27)(H,24,26)/t14-,15+,18?,19?. The van der Waals surface area contributed by atoms with Gasteiger partial charge in [0.2, 0.25) is 0 Å². The molecular formula is C21H23N3O4. The molecule has 0 bridgehead atoms. The summed E-state index contributed by atoms with van der Waals surface area (Å²) in [6, 6.07) is 10.5. The predicted molar refractivity (Wildman–Crippen MR) is 102 cm³/mol. The van der Waals surface area contributed by atoms with Crippen LogP contribution in [-0.4, -0.2) is 48.2 Å². The molecule has 1 saturated carbocycles. The lowest BCUT2D eigenvalue weighted by molar-refractivity contribution is 0.0928. The van der Waals surface area contributed by atoms with Crippen LogP contribution in [0.2, 0.25) is 0 Å². The van der Waals surface area contributed by atoms with Crippen molar-refractivity contribution in [2.24, 2.45) is 11.8 Å². The van der Waals surface area contributed by atoms with Crippen LogP contribution in [0.1, 0.15) is 43.8 Å². The van der Waals surface area contributed by atoms with Crippen LogP contribution < -0.4 is 10.6 Å². The first-order chi connectivity index (χ1) is 13.5. The molecule has 3 N–H and O–H groups in total. The number of nitrogens with zero attached hydrogens (tertiary/aromatic N) is 1. The van der Waals surface area contributed by atoms with Gasteiger partial charge >= 0.3 is 0 Å². The summed E-state index contributed by atoms with van der Waals surface area (Å²) in [5, 5.41) is 16.3. The number of nitrogens with one attached hydrogen (secondary N) is 2. The van der Waals surface area contributed by atoms with E-state index in [1.54, 1.807) is 18.2 Å². The molecule has 1 aliphatic heterocycles. The van der Waals surface area contributed by atoms with Crippen molar-refractivity contribution in [3.8, 4) is 0 Å². The van der Waals surface area contributed by atoms with Gasteiger partial charge in [-0.3, -0.25) is 9.59 Å². The maximum Gasteiger partial charge on any atom is 0.269 e. The monoisotopic (exact) mass is 381 g/mol. The van der Waals surface area contributed by atoms with Gasteiger partial charge in [-0.2, -0.15) is 0 Å². The minimum atomic E-state index is -1.04. The summed E-state index contributed by atoms with van der Waals surface area (Å²) in [5.41, 5.74) is 2.38. The lowest BCUT2D eigenvalue weighted by Crippen LogP contribution is -2.31. The van der Waals surface area contributed by atoms with E-state index in [2.05, 4.69) is 15.6 Å². The second-order valence-electron chi connectivity index (χ2n) is 7.42. The molecule has 4 atom stereocenters. The molecular weight excluding hydrogens is 358 g/mol. The van der Waals surface area contributed by atoms with Crippen molar-refractivity contribution in [2.45, 2.75) is 19.1 Å². The van der Waals surface area contributed by atoms with Crippen LogP contribution in [-0.2, 0) is 4.74 Å². The Bertz CT molecular complexity index is 902. The summed E-state index contributed by atoms with van der Waals surface area (Å²) in [6.07, 6.45) is -1.04. The Morgan fingerprint density at radius 2 is 1.82 bits per heavy atom. The van der Waals surface area contributed by atoms with E-state index in [1.807, 2.05) is 19.1 Å². The van der Waals surface area contributed by atoms with Gasteiger partial charge in [-0.25, -0.2) is 4.98 Å². The molecule has 7 nitrogen and oxygen atoms in total. The number of amides is 2. The molecule has 0 spiro atoms. The van der Waals surface area contributed by atoms with E-state index in [1.165, 1.54) is 13.1 Å². The molecule has 28 heavy (non-hydrogen) atoms. The molecule has 7 heteroatoms. The van der Waals surface area contributed by atoms with Crippen LogP contribution in [0.5, 0.6) is 0 Å². The molecule has 2 heterocycles. The van der Waals surface area contributed by atoms with Gasteiger partial charge in [-0.1, -0.05) is 29.8 Å². The van der Waals surface area contributed by atoms with Crippen LogP contribution in [0.3, 0.4) is 0 Å². The van der Waals surface area contributed by atoms with E-state index >= 15 is 0 Å². The highest BCUT2D eigenvalue weighted by molar-refractivity contribution is 5.99. The number of aliphatic hydroxyl groups excluding tert-OH is 1. The molecule has 4 rings (SSSR count). The Morgan fingerprint density at radius 1 is 1.14 bits per heavy atom. The molecule has 1 aromatic heterocycles. The second-order valence-corrected chi connectivity index (χ2v) is 7.42. The highest BCUT2D eigenvalue weighted by atomic mass is 16.5. The number of fused-ring (bicyclic) bond motifs is 1. The summed E-state index contributed by atoms with van der Waals surface area (Å²) >= 11 is 0. The highest BCUT2D eigenvalue weighted by Crippen LogP contribution is 2.44. The van der Waals surface area contributed by atoms with Crippen LogP contribution in [0.15, 0.2) is 36.4 Å². The van der Waals surface area contributed by atoms with E-state index in [0.717, 1.165) is 5.56 Å². The van der Waals surface area contributed by atoms with E-state index in [-0.39, 0.29) is 23.3 Å². The molecule has 146 valence electrons. The average Bonchev–Trinajstić information content (AvgIpc) is 3.13. The summed E-state index contributed by atoms with van der Waals surface area (Å²) < 4.78 is 5.35. The Labute approximate surface area is 163 Å². The third kappa shape index (κ3) is 3.50. The van der Waals surface area contributed by atoms with Gasteiger partial charge in [-0.15, -0.1) is 0 Å². The Hall–Kier alpha value is -2.77. The molecule has 2 unspecified atom stereocenters. The largest absolute Gasteiger partial charge is 0.382 e. The SMILES string of the molecule is CNC(=O)c1cc(C(=O)NC2[C@H]3COC[C@@H]23)cc(C(O)c2ccc(C)cc2)n1. The van der Waals surface area contributed by atoms with Crippen molar-refractivity contribution in [1.29, 1.82) is 0 Å². The quantitative estimate of drug-likeness (QED) is 0.723. The second kappa shape index (κ2) is 7.33. The fourth-order valence-corrected chi connectivity index (χ4v) is 3.68. The normalized spacial score (nSPS) is 23.6. The van der Waals surface area contributed by atoms with Crippen molar-refractivity contribution in [3.63, 3.8) is 0 Å². The number of aryl methyl sites for hydroxylation is 1. The Balaban J connectivity index is 1.62. The van der Waals surface area contributed by atoms with Gasteiger partial charge in [0, 0.05) is 30.5 Å². The van der Waals surface area contributed by atoms with Crippen molar-refractivity contribution in [1.82, 2.24) is 15.6 Å². The molecule has 1 aromatic carbocycles. The first kappa shape index (κ1) is 18.6. The predicted octanol–water partition coefficient (Wildman–Crippen LogP) is 1.21. The van der Waals surface area contributed by atoms with Crippen molar-refractivity contribution in [3.05, 3.63) is 64.5 Å². The smallest absolute Gasteiger partial charge is 0.269 e. The number of hydrogen-bond acceptors (Lipinski definition) is 5. The summed E-state index contributed by atoms with van der Waals surface area (Å²) in [7, 11) is 1.50. The van der Waals surface area contributed by atoms with Crippen LogP contribution in [0.25, 0.3) is 0 Å². The van der Waals surface area contributed by atoms with Gasteiger partial charge in [-0.05, 0) is 24.6 Å². The maximum atomic E-state index is 12.8. The number of ether oxygens (including phenoxy) is 1. The maximum absolute atomic E-state index is 12.8. The molecule has 1 aliphatic carbocycles. The van der Waals surface area contributed by atoms with Crippen LogP contribution in [0.4, 0.5) is 0 Å². The molecule has 2 amide bonds. The topological polar surface area (TPSA) is 101 Å². The number of benzene rings is 1. The fourth-order valence-electron chi connectivity index (χ4n) is 3.68. The van der Waals surface area contributed by atoms with Crippen LogP contribution >= 0.6 is 0 Å². The molecule has 2 aromatic rings. The summed E-state index contributed by atoms with van der Waals surface area (Å²) in [6.45, 7) is 3.31. The minimum Gasteiger partial charge on any atom is -0.382 e. The highest BCUT2D eigenvalue weighted by Gasteiger charge is 2.54. The molecule has 0 radical (unpaired) electrons. The number of aromatic nitrogens is 1. The van der Waals surface area contributed by atoms with E-state index in [0.29, 0.717) is 36.2 Å². The van der Waals surface area contributed by atoms with Gasteiger partial charge in [0.1, 0.15) is 11.8 Å². The fraction of sp³-hybridized carbons (Fsp3) is 0.381. The number of hydrogen-bond donors (Lipinski definition) is 3. The zero-order chi connectivity index (χ0) is 19.8. The van der Waals surface area contributed by atoms with Gasteiger partial charge in [0.25, 0.3) is 11.8 Å². The van der Waals surface area contributed by atoms with Crippen molar-refractivity contribution >= 4 is 11.8 Å². The van der Waals surface area contributed by atoms with Crippen molar-refractivity contribution < 1.29 is 19.4 Å². The van der Waals surface area contributed by atoms with Gasteiger partial charge < -0.3 is 20.5 Å². The zero-order valence-electron chi connectivity index (χ0n) is 15.8. The van der Waals surface area contributed by atoms with Gasteiger partial charge in [0.15, 0.2) is 0 Å². The van der Waals surface area contributed by atoms with Crippen molar-refractivity contribution in [2.75, 3.05) is 20.3 Å². The summed E-state index contributed by atoms with van der Waals surface area (Å²) in [4.78, 5) is 29.2. The zero-order valence-corrected chi connectivity index (χ0v) is 15.8. The van der Waals surface area contributed by atoms with Crippen LogP contribution in [0, 0.1) is 18.8 Å². The minimum absolute atomic E-state index is 0.0932. The number of carbonyl (C=O) groups excluding carboxylic acids is 2. The lowest BCUT2D eigenvalue weighted by Gasteiger charge is -2.14. The third-order valence-corrected chi connectivity index (χ3v) is 5.49. The third-order valence-electron chi connectivity index (χ3n) is 5.49. The van der Waals surface area contributed by atoms with E-state index in [4.69, 9.17) is 4.74 Å². The molecule has 2 aliphatic rings. The summed E-state index contributed by atoms with van der Waals surface area (Å²) in [5.74, 6) is 0.0663. The lowest BCUT2D eigenvalue weighted by atomic mass is 10.0. The number of carbonyl (C=O) groups is 2. The number of rotatable bonds is 5. The molecule has 2 fully saturated rings.